The molecule has 0 amide bonds. The Hall–Kier alpha value is -2.29. The van der Waals surface area contributed by atoms with Crippen molar-refractivity contribution in [1.82, 2.24) is 4.31 Å². The van der Waals surface area contributed by atoms with Crippen LogP contribution in [0.5, 0.6) is 0 Å². The minimum Gasteiger partial charge on any atom is -0.381 e. The summed E-state index contributed by atoms with van der Waals surface area (Å²) in [7, 11) is -3.46. The summed E-state index contributed by atoms with van der Waals surface area (Å²) in [5, 5.41) is 11.2. The number of ether oxygens (including phenoxy) is 1. The minimum atomic E-state index is -3.46. The molecule has 0 aromatic heterocycles. The molecule has 8 heteroatoms. The van der Waals surface area contributed by atoms with Crippen LogP contribution in [-0.4, -0.2) is 50.5 Å². The van der Waals surface area contributed by atoms with Crippen LogP contribution in [0.3, 0.4) is 0 Å². The molecule has 41 heavy (non-hydrogen) atoms. The van der Waals surface area contributed by atoms with Crippen LogP contribution in [-0.2, 0) is 14.8 Å². The lowest BCUT2D eigenvalue weighted by atomic mass is 9.71. The lowest BCUT2D eigenvalue weighted by Crippen LogP contribution is -2.44. The molecule has 2 unspecified atom stereocenters. The van der Waals surface area contributed by atoms with Crippen molar-refractivity contribution < 1.29 is 17.5 Å². The third kappa shape index (κ3) is 7.38. The van der Waals surface area contributed by atoms with E-state index in [9.17, 15) is 12.8 Å². The molecular formula is C33H46FN3O3S. The molecule has 224 valence electrons. The quantitative estimate of drug-likeness (QED) is 0.315. The van der Waals surface area contributed by atoms with E-state index in [0.717, 1.165) is 79.1 Å². The molecule has 2 aromatic rings. The van der Waals surface area contributed by atoms with Gasteiger partial charge >= 0.3 is 0 Å². The van der Waals surface area contributed by atoms with Crippen molar-refractivity contribution in [2.45, 2.75) is 88.7 Å². The molecule has 0 radical (unpaired) electrons. The summed E-state index contributed by atoms with van der Waals surface area (Å²) in [5.74, 6) is 0.931. The first-order valence-electron chi connectivity index (χ1n) is 15.6. The Bertz CT molecular complexity index is 1270. The Labute approximate surface area is 245 Å². The number of halogens is 1. The van der Waals surface area contributed by atoms with Gasteiger partial charge in [0.2, 0.25) is 10.0 Å². The maximum absolute atomic E-state index is 14.1. The van der Waals surface area contributed by atoms with Crippen molar-refractivity contribution in [2.24, 2.45) is 11.8 Å². The first-order chi connectivity index (χ1) is 19.8. The Kier molecular flexibility index (Phi) is 10.1. The smallest absolute Gasteiger partial charge is 0.217 e. The van der Waals surface area contributed by atoms with E-state index in [2.05, 4.69) is 24.4 Å². The van der Waals surface area contributed by atoms with Gasteiger partial charge in [0.25, 0.3) is 0 Å². The van der Waals surface area contributed by atoms with Gasteiger partial charge in [0.15, 0.2) is 0 Å². The zero-order valence-electron chi connectivity index (χ0n) is 24.4. The van der Waals surface area contributed by atoms with E-state index in [1.807, 2.05) is 4.31 Å². The zero-order valence-corrected chi connectivity index (χ0v) is 25.2. The molecule has 0 spiro atoms. The third-order valence-electron chi connectivity index (χ3n) is 9.61. The van der Waals surface area contributed by atoms with Crippen molar-refractivity contribution in [1.29, 1.82) is 5.41 Å². The van der Waals surface area contributed by atoms with E-state index in [-0.39, 0.29) is 17.0 Å². The van der Waals surface area contributed by atoms with Crippen molar-refractivity contribution in [3.63, 3.8) is 0 Å². The predicted octanol–water partition coefficient (Wildman–Crippen LogP) is 7.54. The maximum atomic E-state index is 14.1. The van der Waals surface area contributed by atoms with Crippen LogP contribution in [0, 0.1) is 30.0 Å². The fourth-order valence-corrected chi connectivity index (χ4v) is 9.01. The molecule has 2 aliphatic heterocycles. The summed E-state index contributed by atoms with van der Waals surface area (Å²) in [4.78, 5) is 0. The average molecular weight is 584 g/mol. The van der Waals surface area contributed by atoms with Crippen LogP contribution in [0.4, 0.5) is 15.8 Å². The second-order valence-corrected chi connectivity index (χ2v) is 14.6. The monoisotopic (exact) mass is 583 g/mol. The van der Waals surface area contributed by atoms with E-state index >= 15 is 0 Å². The molecule has 1 saturated carbocycles. The zero-order chi connectivity index (χ0) is 28.8. The highest BCUT2D eigenvalue weighted by Gasteiger charge is 2.38. The van der Waals surface area contributed by atoms with Gasteiger partial charge in [-0.15, -0.1) is 0 Å². The highest BCUT2D eigenvalue weighted by molar-refractivity contribution is 7.89. The molecular weight excluding hydrogens is 537 g/mol. The highest BCUT2D eigenvalue weighted by Crippen LogP contribution is 2.43. The normalized spacial score (nSPS) is 25.3. The summed E-state index contributed by atoms with van der Waals surface area (Å²) >= 11 is 0. The fourth-order valence-electron chi connectivity index (χ4n) is 6.98. The van der Waals surface area contributed by atoms with Gasteiger partial charge < -0.3 is 15.5 Å². The fraction of sp³-hybridized carbons (Fsp3) is 0.606. The van der Waals surface area contributed by atoms with Crippen LogP contribution in [0.1, 0.15) is 93.2 Å². The maximum Gasteiger partial charge on any atom is 0.217 e. The topological polar surface area (TPSA) is 82.5 Å². The Morgan fingerprint density at radius 3 is 2.51 bits per heavy atom. The summed E-state index contributed by atoms with van der Waals surface area (Å²) < 4.78 is 49.2. The van der Waals surface area contributed by atoms with Crippen molar-refractivity contribution in [3.05, 3.63) is 58.9 Å². The predicted molar refractivity (Wildman–Crippen MR) is 164 cm³/mol. The van der Waals surface area contributed by atoms with Crippen LogP contribution in [0.25, 0.3) is 0 Å². The van der Waals surface area contributed by atoms with Crippen LogP contribution in [0.2, 0.25) is 0 Å². The summed E-state index contributed by atoms with van der Waals surface area (Å²) in [6.07, 6.45) is 12.5. The molecule has 2 heterocycles. The molecule has 5 rings (SSSR count). The van der Waals surface area contributed by atoms with E-state index < -0.39 is 10.0 Å². The Morgan fingerprint density at radius 2 is 1.78 bits per heavy atom. The van der Waals surface area contributed by atoms with Crippen LogP contribution >= 0.6 is 0 Å². The SMILES string of the molecule is Cc1cc(Nc2ccc(F)cc2)c(C=N)cc1[C@@H]1CN(S(=O)(=O)C2CCCCOCC2)CCCCC1CC1CCC1. The Balaban J connectivity index is 1.47. The van der Waals surface area contributed by atoms with Gasteiger partial charge in [0.05, 0.1) is 5.25 Å². The number of nitrogens with zero attached hydrogens (tertiary/aromatic N) is 1. The molecule has 3 aliphatic rings. The van der Waals surface area contributed by atoms with Gasteiger partial charge in [-0.05, 0) is 111 Å². The first kappa shape index (κ1) is 30.2. The summed E-state index contributed by atoms with van der Waals surface area (Å²) in [6, 6.07) is 10.4. The summed E-state index contributed by atoms with van der Waals surface area (Å²) in [6.45, 7) is 4.41. The standard InChI is InChI=1S/C33H46FN3O3S/c1-24-19-33(36-29-13-11-28(34)12-14-29)27(22-35)21-31(24)32-23-37(16-4-2-9-26(32)20-25-7-6-8-25)41(38,39)30-10-3-5-17-40-18-15-30/h11-14,19,21-22,25-26,30,32,35-36H,2-10,15-18,20,23H2,1H3/t26?,30?,32-/m1/s1. The minimum absolute atomic E-state index is 0.0778. The van der Waals surface area contributed by atoms with Gasteiger partial charge in [0, 0.05) is 55.4 Å². The van der Waals surface area contributed by atoms with E-state index in [1.54, 1.807) is 12.1 Å². The third-order valence-corrected chi connectivity index (χ3v) is 12.0. The van der Waals surface area contributed by atoms with Gasteiger partial charge in [-0.2, -0.15) is 0 Å². The Morgan fingerprint density at radius 1 is 1.00 bits per heavy atom. The van der Waals surface area contributed by atoms with E-state index in [4.69, 9.17) is 10.1 Å². The lowest BCUT2D eigenvalue weighted by Gasteiger charge is -2.40. The largest absolute Gasteiger partial charge is 0.381 e. The molecule has 2 N–H and O–H groups in total. The van der Waals surface area contributed by atoms with Crippen LogP contribution in [0.15, 0.2) is 36.4 Å². The number of anilines is 2. The molecule has 2 saturated heterocycles. The van der Waals surface area contributed by atoms with Crippen LogP contribution < -0.4 is 5.32 Å². The number of sulfonamides is 1. The van der Waals surface area contributed by atoms with E-state index in [0.29, 0.717) is 38.5 Å². The number of benzene rings is 2. The van der Waals surface area contributed by atoms with Crippen molar-refractivity contribution >= 4 is 27.6 Å². The van der Waals surface area contributed by atoms with Gasteiger partial charge in [-0.25, -0.2) is 17.1 Å². The number of hydrogen-bond acceptors (Lipinski definition) is 5. The first-order valence-corrected chi connectivity index (χ1v) is 17.1. The van der Waals surface area contributed by atoms with Gasteiger partial charge in [-0.1, -0.05) is 25.7 Å². The molecule has 3 fully saturated rings. The number of rotatable bonds is 8. The molecule has 3 atom stereocenters. The number of nitrogens with one attached hydrogen (secondary N) is 2. The highest BCUT2D eigenvalue weighted by atomic mass is 32.2. The van der Waals surface area contributed by atoms with Gasteiger partial charge in [-0.3, -0.25) is 0 Å². The van der Waals surface area contributed by atoms with Crippen molar-refractivity contribution in [2.75, 3.05) is 31.6 Å². The van der Waals surface area contributed by atoms with Crippen molar-refractivity contribution in [3.8, 4) is 0 Å². The van der Waals surface area contributed by atoms with E-state index in [1.165, 1.54) is 37.6 Å². The second-order valence-electron chi connectivity index (χ2n) is 12.4. The second kappa shape index (κ2) is 13.8. The lowest BCUT2D eigenvalue weighted by molar-refractivity contribution is 0.116. The molecule has 6 nitrogen and oxygen atoms in total. The summed E-state index contributed by atoms with van der Waals surface area (Å²) in [5.41, 5.74) is 4.57. The average Bonchev–Trinajstić information content (AvgIpc) is 2.89. The number of hydrogen-bond donors (Lipinski definition) is 2. The molecule has 2 aromatic carbocycles. The molecule has 1 aliphatic carbocycles. The van der Waals surface area contributed by atoms with Gasteiger partial charge in [0.1, 0.15) is 5.82 Å². The number of aryl methyl sites for hydroxylation is 1. The molecule has 0 bridgehead atoms.